The van der Waals surface area contributed by atoms with E-state index in [-0.39, 0.29) is 0 Å². The molecule has 0 bridgehead atoms. The van der Waals surface area contributed by atoms with Crippen molar-refractivity contribution in [2.75, 3.05) is 68.5 Å². The van der Waals surface area contributed by atoms with Crippen molar-refractivity contribution in [2.24, 2.45) is 0 Å². The minimum atomic E-state index is 0.305. The van der Waals surface area contributed by atoms with E-state index in [1.165, 1.54) is 32.4 Å². The fourth-order valence-electron chi connectivity index (χ4n) is 4.31. The zero-order valence-electron chi connectivity index (χ0n) is 19.4. The van der Waals surface area contributed by atoms with E-state index in [1.54, 1.807) is 10.9 Å². The van der Waals surface area contributed by atoms with Gasteiger partial charge >= 0.3 is 0 Å². The second-order valence-corrected chi connectivity index (χ2v) is 8.58. The van der Waals surface area contributed by atoms with Gasteiger partial charge in [0, 0.05) is 37.6 Å². The molecular formula is C24H32N8O2. The first-order valence-electron chi connectivity index (χ1n) is 12.0. The summed E-state index contributed by atoms with van der Waals surface area (Å²) in [5, 5.41) is 7.77. The minimum Gasteiger partial charge on any atom is -0.492 e. The van der Waals surface area contributed by atoms with E-state index >= 15 is 0 Å². The number of aromatic nitrogens is 4. The lowest BCUT2D eigenvalue weighted by molar-refractivity contribution is 0.122. The minimum absolute atomic E-state index is 0.305. The molecule has 34 heavy (non-hydrogen) atoms. The van der Waals surface area contributed by atoms with Crippen LogP contribution in [0.2, 0.25) is 0 Å². The topological polar surface area (TPSA) is 107 Å². The highest BCUT2D eigenvalue weighted by molar-refractivity contribution is 5.56. The maximum Gasteiger partial charge on any atom is 0.248 e. The van der Waals surface area contributed by atoms with Crippen molar-refractivity contribution in [1.82, 2.24) is 24.6 Å². The Morgan fingerprint density at radius 2 is 1.79 bits per heavy atom. The molecule has 2 saturated heterocycles. The molecule has 2 fully saturated rings. The fraction of sp³-hybridized carbons (Fsp3) is 0.458. The zero-order chi connectivity index (χ0) is 23.2. The molecule has 4 heterocycles. The molecule has 0 atom stereocenters. The van der Waals surface area contributed by atoms with Crippen LogP contribution in [0.15, 0.2) is 42.6 Å². The maximum atomic E-state index is 6.17. The van der Waals surface area contributed by atoms with E-state index in [1.807, 2.05) is 36.4 Å². The number of nitrogens with two attached hydrogens (primary N) is 1. The molecule has 1 aromatic carbocycles. The van der Waals surface area contributed by atoms with Crippen molar-refractivity contribution in [3.8, 4) is 11.4 Å². The van der Waals surface area contributed by atoms with Crippen molar-refractivity contribution in [2.45, 2.75) is 19.3 Å². The molecule has 2 aliphatic rings. The molecule has 0 radical (unpaired) electrons. The van der Waals surface area contributed by atoms with Gasteiger partial charge in [0.15, 0.2) is 0 Å². The highest BCUT2D eigenvalue weighted by Crippen LogP contribution is 2.22. The Morgan fingerprint density at radius 1 is 1.00 bits per heavy atom. The van der Waals surface area contributed by atoms with Gasteiger partial charge in [0.25, 0.3) is 0 Å². The molecule has 0 amide bonds. The Kier molecular flexibility index (Phi) is 7.06. The van der Waals surface area contributed by atoms with Crippen molar-refractivity contribution in [3.63, 3.8) is 0 Å². The van der Waals surface area contributed by atoms with Crippen LogP contribution in [0.25, 0.3) is 5.69 Å². The number of piperidine rings is 1. The first-order chi connectivity index (χ1) is 16.7. The second-order valence-electron chi connectivity index (χ2n) is 8.58. The number of rotatable bonds is 8. The smallest absolute Gasteiger partial charge is 0.248 e. The Bertz CT molecular complexity index is 1060. The number of hydrogen-bond donors (Lipinski definition) is 2. The van der Waals surface area contributed by atoms with Crippen LogP contribution in [-0.2, 0) is 4.74 Å². The summed E-state index contributed by atoms with van der Waals surface area (Å²) in [6.07, 6.45) is 5.71. The van der Waals surface area contributed by atoms with Crippen molar-refractivity contribution in [1.29, 1.82) is 0 Å². The summed E-state index contributed by atoms with van der Waals surface area (Å²) in [7, 11) is 0. The van der Waals surface area contributed by atoms with Crippen LogP contribution in [0.3, 0.4) is 0 Å². The number of nitrogens with zero attached hydrogens (tertiary/aromatic N) is 6. The first kappa shape index (κ1) is 22.4. The fourth-order valence-corrected chi connectivity index (χ4v) is 4.31. The number of benzene rings is 1. The summed E-state index contributed by atoms with van der Waals surface area (Å²) < 4.78 is 13.0. The molecule has 5 rings (SSSR count). The molecule has 0 aliphatic carbocycles. The van der Waals surface area contributed by atoms with E-state index in [2.05, 4.69) is 30.2 Å². The normalized spacial score (nSPS) is 17.0. The summed E-state index contributed by atoms with van der Waals surface area (Å²) in [5.74, 6) is 2.47. The van der Waals surface area contributed by atoms with Gasteiger partial charge in [-0.1, -0.05) is 6.42 Å². The third-order valence-electron chi connectivity index (χ3n) is 6.18. The Labute approximate surface area is 199 Å². The SMILES string of the molecule is Nc1nc(Nc2ccc(OCCN3CCCCC3)cc2)nn1-c1ccnc(N2CCOCC2)c1. The van der Waals surface area contributed by atoms with Gasteiger partial charge in [-0.05, 0) is 56.3 Å². The largest absolute Gasteiger partial charge is 0.492 e. The van der Waals surface area contributed by atoms with Gasteiger partial charge < -0.3 is 25.4 Å². The number of nitrogens with one attached hydrogen (secondary N) is 1. The van der Waals surface area contributed by atoms with Gasteiger partial charge in [-0.3, -0.25) is 4.90 Å². The van der Waals surface area contributed by atoms with E-state index < -0.39 is 0 Å². The molecule has 0 unspecified atom stereocenters. The maximum absolute atomic E-state index is 6.17. The van der Waals surface area contributed by atoms with Crippen molar-refractivity contribution >= 4 is 23.4 Å². The molecule has 3 N–H and O–H groups in total. The van der Waals surface area contributed by atoms with Crippen LogP contribution in [0.5, 0.6) is 5.75 Å². The lowest BCUT2D eigenvalue weighted by Gasteiger charge is -2.27. The average molecular weight is 465 g/mol. The summed E-state index contributed by atoms with van der Waals surface area (Å²) >= 11 is 0. The van der Waals surface area contributed by atoms with Crippen LogP contribution >= 0.6 is 0 Å². The van der Waals surface area contributed by atoms with Crippen molar-refractivity contribution < 1.29 is 9.47 Å². The molecule has 2 aromatic heterocycles. The summed E-state index contributed by atoms with van der Waals surface area (Å²) in [6, 6.07) is 11.7. The van der Waals surface area contributed by atoms with Gasteiger partial charge in [-0.25, -0.2) is 4.98 Å². The Balaban J connectivity index is 1.19. The number of pyridine rings is 1. The van der Waals surface area contributed by atoms with Gasteiger partial charge in [-0.15, -0.1) is 5.10 Å². The van der Waals surface area contributed by atoms with E-state index in [0.717, 1.165) is 42.6 Å². The number of likely N-dealkylation sites (tertiary alicyclic amines) is 1. The number of morpholine rings is 1. The van der Waals surface area contributed by atoms with Crippen molar-refractivity contribution in [3.05, 3.63) is 42.6 Å². The molecular weight excluding hydrogens is 432 g/mol. The highest BCUT2D eigenvalue weighted by atomic mass is 16.5. The lowest BCUT2D eigenvalue weighted by Crippen LogP contribution is -2.36. The van der Waals surface area contributed by atoms with Gasteiger partial charge in [0.05, 0.1) is 18.9 Å². The molecule has 10 heteroatoms. The van der Waals surface area contributed by atoms with Crippen LogP contribution in [0.1, 0.15) is 19.3 Å². The van der Waals surface area contributed by atoms with E-state index in [9.17, 15) is 0 Å². The standard InChI is InChI=1S/C24H32N8O2/c25-23-28-24(29-32(23)20-8-9-26-22(18-20)31-13-15-33-16-14-31)27-19-4-6-21(7-5-19)34-17-12-30-10-2-1-3-11-30/h4-9,18H,1-3,10-17H2,(H3,25,27,28,29). The van der Waals surface area contributed by atoms with Gasteiger partial charge in [-0.2, -0.15) is 9.67 Å². The summed E-state index contributed by atoms with van der Waals surface area (Å²) in [5.41, 5.74) is 7.84. The zero-order valence-corrected chi connectivity index (χ0v) is 19.4. The van der Waals surface area contributed by atoms with Gasteiger partial charge in [0.1, 0.15) is 18.2 Å². The summed E-state index contributed by atoms with van der Waals surface area (Å²) in [4.78, 5) is 13.5. The van der Waals surface area contributed by atoms with Crippen LogP contribution in [0, 0.1) is 0 Å². The molecule has 0 spiro atoms. The Morgan fingerprint density at radius 3 is 2.59 bits per heavy atom. The predicted molar refractivity (Wildman–Crippen MR) is 132 cm³/mol. The number of ether oxygens (including phenoxy) is 2. The van der Waals surface area contributed by atoms with Crippen LogP contribution in [-0.4, -0.2) is 77.2 Å². The monoisotopic (exact) mass is 464 g/mol. The van der Waals surface area contributed by atoms with Crippen LogP contribution < -0.4 is 20.7 Å². The van der Waals surface area contributed by atoms with E-state index in [4.69, 9.17) is 15.2 Å². The van der Waals surface area contributed by atoms with E-state index in [0.29, 0.717) is 31.7 Å². The first-order valence-corrected chi connectivity index (χ1v) is 12.0. The molecule has 10 nitrogen and oxygen atoms in total. The third kappa shape index (κ3) is 5.57. The van der Waals surface area contributed by atoms with Crippen LogP contribution in [0.4, 0.5) is 23.4 Å². The predicted octanol–water partition coefficient (Wildman–Crippen LogP) is 2.69. The third-order valence-corrected chi connectivity index (χ3v) is 6.18. The molecule has 3 aromatic rings. The summed E-state index contributed by atoms with van der Waals surface area (Å²) in [6.45, 7) is 7.08. The number of hydrogen-bond acceptors (Lipinski definition) is 9. The number of anilines is 4. The Hall–Kier alpha value is -3.37. The average Bonchev–Trinajstić information content (AvgIpc) is 3.26. The second kappa shape index (κ2) is 10.7. The number of nitrogen functional groups attached to an aromatic ring is 1. The quantitative estimate of drug-likeness (QED) is 0.520. The molecule has 180 valence electrons. The molecule has 2 aliphatic heterocycles. The van der Waals surface area contributed by atoms with Gasteiger partial charge in [0.2, 0.25) is 11.9 Å². The molecule has 0 saturated carbocycles. The highest BCUT2D eigenvalue weighted by Gasteiger charge is 2.15. The lowest BCUT2D eigenvalue weighted by atomic mass is 10.1.